The Kier molecular flexibility index (Phi) is 11.1. The summed E-state index contributed by atoms with van der Waals surface area (Å²) < 4.78 is 25.6. The molecule has 0 aliphatic rings. The van der Waals surface area contributed by atoms with Gasteiger partial charge < -0.3 is 18.5 Å². The molecule has 4 aromatic carbocycles. The largest absolute Gasteiger partial charge is 0.477 e. The number of anilines is 2. The third-order valence-corrected chi connectivity index (χ3v) is 8.33. The smallest absolute Gasteiger partial charge is 0.335 e. The number of nitrogens with zero attached hydrogens (tertiary/aromatic N) is 7. The number of hydrazone groups is 2. The molecule has 0 aliphatic carbocycles. The van der Waals surface area contributed by atoms with Gasteiger partial charge in [-0.25, -0.2) is 5.01 Å². The average Bonchev–Trinajstić information content (AvgIpc) is 3.59. The summed E-state index contributed by atoms with van der Waals surface area (Å²) in [6.45, 7) is 3.71. The molecule has 0 fully saturated rings. The third kappa shape index (κ3) is 8.37. The predicted octanol–water partition coefficient (Wildman–Crippen LogP) is 6.84. The van der Waals surface area contributed by atoms with Crippen molar-refractivity contribution in [3.63, 3.8) is 0 Å². The Morgan fingerprint density at radius 2 is 1.19 bits per heavy atom. The van der Waals surface area contributed by atoms with Gasteiger partial charge in [-0.3, -0.25) is 14.6 Å². The second-order valence-electron chi connectivity index (χ2n) is 12.0. The summed E-state index contributed by atoms with van der Waals surface area (Å²) in [5.41, 5.74) is 4.94. The number of aromatic nitrogens is 2. The van der Waals surface area contributed by atoms with Crippen LogP contribution in [0.25, 0.3) is 22.3 Å². The Morgan fingerprint density at radius 3 is 1.72 bits per heavy atom. The summed E-state index contributed by atoms with van der Waals surface area (Å²) in [4.78, 5) is 30.3. The van der Waals surface area contributed by atoms with Gasteiger partial charge in [0.25, 0.3) is 11.1 Å². The SMILES string of the molecule is Cc1on(C)c(=O)c1-c1ccccc1CO/C=N\N(C=N/C(=N/N(C)c1ccccc1)OCc1ccccc1-c1c(C)on(C)c1=O)c1ccccc1. The van der Waals surface area contributed by atoms with E-state index in [4.69, 9.17) is 18.5 Å². The molecule has 0 atom stereocenters. The van der Waals surface area contributed by atoms with Gasteiger partial charge in [-0.15, -0.1) is 10.2 Å². The molecule has 6 aromatic rings. The van der Waals surface area contributed by atoms with E-state index in [1.54, 1.807) is 40.0 Å². The molecule has 270 valence electrons. The highest BCUT2D eigenvalue weighted by atomic mass is 16.5. The molecule has 53 heavy (non-hydrogen) atoms. The number of aliphatic imine (C=N–C) groups is 1. The fourth-order valence-corrected chi connectivity index (χ4v) is 5.71. The first kappa shape index (κ1) is 35.9. The number of hydrogen-bond acceptors (Lipinski definition) is 9. The number of amidine groups is 1. The van der Waals surface area contributed by atoms with E-state index in [1.165, 1.54) is 27.2 Å². The summed E-state index contributed by atoms with van der Waals surface area (Å²) in [5.74, 6) is 1.02. The highest BCUT2D eigenvalue weighted by Crippen LogP contribution is 2.26. The fraction of sp³-hybridized carbons (Fsp3) is 0.175. The Labute approximate surface area is 305 Å². The molecule has 13 nitrogen and oxygen atoms in total. The molecule has 6 rings (SSSR count). The average molecular weight is 714 g/mol. The monoisotopic (exact) mass is 713 g/mol. The number of para-hydroxylation sites is 2. The van der Waals surface area contributed by atoms with E-state index in [0.717, 1.165) is 22.4 Å². The van der Waals surface area contributed by atoms with Crippen LogP contribution in [-0.4, -0.2) is 35.3 Å². The van der Waals surface area contributed by atoms with Gasteiger partial charge in [0.2, 0.25) is 0 Å². The minimum absolute atomic E-state index is 0.0333. The van der Waals surface area contributed by atoms with Crippen LogP contribution in [0, 0.1) is 13.8 Å². The normalized spacial score (nSPS) is 11.8. The van der Waals surface area contributed by atoms with Crippen molar-refractivity contribution in [2.45, 2.75) is 27.1 Å². The van der Waals surface area contributed by atoms with Gasteiger partial charge in [0.15, 0.2) is 6.40 Å². The van der Waals surface area contributed by atoms with Gasteiger partial charge in [0.1, 0.15) is 31.1 Å². The molecule has 0 amide bonds. The molecule has 0 bridgehead atoms. The van der Waals surface area contributed by atoms with Crippen molar-refractivity contribution in [3.8, 4) is 22.3 Å². The van der Waals surface area contributed by atoms with E-state index in [9.17, 15) is 9.59 Å². The molecule has 2 aromatic heterocycles. The summed E-state index contributed by atoms with van der Waals surface area (Å²) in [6.07, 6.45) is 2.79. The molecule has 0 saturated heterocycles. The van der Waals surface area contributed by atoms with E-state index in [-0.39, 0.29) is 30.4 Å². The van der Waals surface area contributed by atoms with Crippen LogP contribution in [0.5, 0.6) is 0 Å². The fourth-order valence-electron chi connectivity index (χ4n) is 5.71. The van der Waals surface area contributed by atoms with Gasteiger partial charge in [-0.1, -0.05) is 84.9 Å². The van der Waals surface area contributed by atoms with E-state index in [0.29, 0.717) is 33.9 Å². The van der Waals surface area contributed by atoms with Crippen molar-refractivity contribution >= 4 is 30.1 Å². The summed E-state index contributed by atoms with van der Waals surface area (Å²) in [6, 6.07) is 34.0. The second-order valence-corrected chi connectivity index (χ2v) is 12.0. The lowest BCUT2D eigenvalue weighted by atomic mass is 10.0. The molecule has 13 heteroatoms. The maximum Gasteiger partial charge on any atom is 0.335 e. The predicted molar refractivity (Wildman–Crippen MR) is 206 cm³/mol. The molecular formula is C40H39N7O6. The van der Waals surface area contributed by atoms with E-state index in [1.807, 2.05) is 109 Å². The van der Waals surface area contributed by atoms with Crippen LogP contribution in [0.1, 0.15) is 22.6 Å². The van der Waals surface area contributed by atoms with Gasteiger partial charge in [0.05, 0.1) is 22.5 Å². The first-order valence-electron chi connectivity index (χ1n) is 16.7. The van der Waals surface area contributed by atoms with Crippen LogP contribution in [0.3, 0.4) is 0 Å². The third-order valence-electron chi connectivity index (χ3n) is 8.33. The number of aryl methyl sites for hydroxylation is 4. The van der Waals surface area contributed by atoms with Crippen LogP contribution in [-0.2, 0) is 36.8 Å². The Morgan fingerprint density at radius 1 is 0.698 bits per heavy atom. The number of benzene rings is 4. The van der Waals surface area contributed by atoms with E-state index < -0.39 is 0 Å². The highest BCUT2D eigenvalue weighted by Gasteiger charge is 2.19. The highest BCUT2D eigenvalue weighted by molar-refractivity contribution is 5.90. The number of ether oxygens (including phenoxy) is 2. The van der Waals surface area contributed by atoms with Crippen LogP contribution in [0.15, 0.2) is 143 Å². The van der Waals surface area contributed by atoms with Gasteiger partial charge in [0, 0.05) is 21.1 Å². The lowest BCUT2D eigenvalue weighted by molar-refractivity contribution is 0.283. The molecule has 0 N–H and O–H groups in total. The zero-order valence-corrected chi connectivity index (χ0v) is 30.0. The van der Waals surface area contributed by atoms with Crippen LogP contribution in [0.2, 0.25) is 0 Å². The van der Waals surface area contributed by atoms with Gasteiger partial charge in [-0.05, 0) is 60.4 Å². The zero-order valence-electron chi connectivity index (χ0n) is 30.0. The lowest BCUT2D eigenvalue weighted by Crippen LogP contribution is -2.19. The van der Waals surface area contributed by atoms with Crippen molar-refractivity contribution in [2.75, 3.05) is 17.1 Å². The maximum atomic E-state index is 12.9. The minimum atomic E-state index is -0.242. The molecule has 0 saturated carbocycles. The van der Waals surface area contributed by atoms with Crippen molar-refractivity contribution in [1.82, 2.24) is 9.48 Å². The summed E-state index contributed by atoms with van der Waals surface area (Å²) in [5, 5.41) is 12.4. The van der Waals surface area contributed by atoms with Crippen molar-refractivity contribution in [1.29, 1.82) is 0 Å². The molecular weight excluding hydrogens is 674 g/mol. The molecule has 0 radical (unpaired) electrons. The Balaban J connectivity index is 1.27. The van der Waals surface area contributed by atoms with E-state index >= 15 is 0 Å². The van der Waals surface area contributed by atoms with Crippen molar-refractivity contribution in [2.24, 2.45) is 29.3 Å². The van der Waals surface area contributed by atoms with Crippen molar-refractivity contribution in [3.05, 3.63) is 153 Å². The number of rotatable bonds is 12. The lowest BCUT2D eigenvalue weighted by Gasteiger charge is -2.16. The van der Waals surface area contributed by atoms with Crippen molar-refractivity contribution < 1.29 is 18.5 Å². The van der Waals surface area contributed by atoms with Gasteiger partial charge in [-0.2, -0.15) is 14.5 Å². The number of hydrogen-bond donors (Lipinski definition) is 0. The summed E-state index contributed by atoms with van der Waals surface area (Å²) >= 11 is 0. The summed E-state index contributed by atoms with van der Waals surface area (Å²) in [7, 11) is 4.95. The van der Waals surface area contributed by atoms with Crippen LogP contribution < -0.4 is 21.1 Å². The molecule has 0 aliphatic heterocycles. The standard InChI is InChI=1S/C40H39N7O6/c1-28-36(38(48)45(4)52-28)34-22-14-12-16-30(34)24-50-27-42-47(33-20-10-7-11-21-33)26-41-40(43-44(3)32-18-8-6-9-19-32)51-25-31-17-13-15-23-35(31)37-29(2)53-46(5)39(37)49/h6-23,26-27H,24-25H2,1-5H3/b41-26?,42-27-,43-40-. The van der Waals surface area contributed by atoms with Gasteiger partial charge >= 0.3 is 6.02 Å². The molecule has 0 unspecified atom stereocenters. The molecule has 2 heterocycles. The first-order chi connectivity index (χ1) is 25.7. The minimum Gasteiger partial charge on any atom is -0.477 e. The Bertz CT molecular complexity index is 2370. The first-order valence-corrected chi connectivity index (χ1v) is 16.7. The van der Waals surface area contributed by atoms with E-state index in [2.05, 4.69) is 15.2 Å². The maximum absolute atomic E-state index is 12.9. The van der Waals surface area contributed by atoms with Crippen LogP contribution in [0.4, 0.5) is 11.4 Å². The molecule has 0 spiro atoms. The topological polar surface area (TPSA) is 132 Å². The van der Waals surface area contributed by atoms with Crippen LogP contribution >= 0.6 is 0 Å². The second kappa shape index (κ2) is 16.4. The Hall–Kier alpha value is -6.89. The quantitative estimate of drug-likeness (QED) is 0.0765. The zero-order chi connectivity index (χ0) is 37.3.